The normalized spacial score (nSPS) is 11.8. The van der Waals surface area contributed by atoms with E-state index in [1.165, 1.54) is 188 Å². The van der Waals surface area contributed by atoms with Gasteiger partial charge in [0.05, 0.1) is 0 Å². The summed E-state index contributed by atoms with van der Waals surface area (Å²) in [5, 5.41) is 8.97. The molecule has 0 spiro atoms. The third-order valence-electron chi connectivity index (χ3n) is 16.8. The van der Waals surface area contributed by atoms with Crippen molar-refractivity contribution in [3.63, 3.8) is 0 Å². The Morgan fingerprint density at radius 1 is 0.103 bits per heavy atom. The largest absolute Gasteiger partial charge is 0.0447 e. The van der Waals surface area contributed by atoms with Crippen LogP contribution in [-0.4, -0.2) is 0 Å². The summed E-state index contributed by atoms with van der Waals surface area (Å²) >= 11 is 0. The second kappa shape index (κ2) is 14.7. The molecule has 0 saturated carbocycles. The van der Waals surface area contributed by atoms with Crippen LogP contribution in [0.25, 0.3) is 54.6 Å². The Morgan fingerprint density at radius 3 is 0.379 bits per heavy atom. The quantitative estimate of drug-likeness (QED) is 0.154. The summed E-state index contributed by atoms with van der Waals surface area (Å²) in [5.74, 6) is 0. The molecule has 7 aromatic rings. The van der Waals surface area contributed by atoms with Gasteiger partial charge in [-0.3, -0.25) is 0 Å². The Hall–Kier alpha value is -4.42. The van der Waals surface area contributed by atoms with Crippen LogP contribution in [-0.2, 0) is 0 Å². The number of rotatable bonds is 2. The maximum Gasteiger partial charge on any atom is -0.00153 e. The van der Waals surface area contributed by atoms with Crippen molar-refractivity contribution in [3.8, 4) is 22.3 Å². The first-order valence-corrected chi connectivity index (χ1v) is 21.8. The lowest BCUT2D eigenvalue weighted by atomic mass is 9.76. The molecule has 0 aliphatic carbocycles. The van der Waals surface area contributed by atoms with Crippen molar-refractivity contribution < 1.29 is 0 Å². The van der Waals surface area contributed by atoms with Crippen molar-refractivity contribution in [2.75, 3.05) is 0 Å². The van der Waals surface area contributed by atoms with Gasteiger partial charge in [-0.1, -0.05) is 0 Å². The van der Waals surface area contributed by atoms with Gasteiger partial charge in [0.15, 0.2) is 0 Å². The van der Waals surface area contributed by atoms with E-state index >= 15 is 0 Å². The first kappa shape index (κ1) is 43.2. The first-order chi connectivity index (χ1) is 26.9. The van der Waals surface area contributed by atoms with Crippen LogP contribution in [0.4, 0.5) is 0 Å². The van der Waals surface area contributed by atoms with Crippen molar-refractivity contribution in [3.05, 3.63) is 134 Å². The van der Waals surface area contributed by atoms with Crippen molar-refractivity contribution in [1.29, 1.82) is 0 Å². The molecule has 7 aromatic carbocycles. The SMILES string of the molecule is Cc1c(C)c(C)c(-c2c(C)c(C)c(-c3c(C)c(C)c(C)c(C)c3C)c(C)c2C)c(C)c1C.Cc1c(C)c2c(C)c(C)c3c(C)c(C)c(C)c4c(C)c(C)c(c1C)c2c34. The molecule has 0 aliphatic heterocycles. The fourth-order valence-electron chi connectivity index (χ4n) is 11.2. The van der Waals surface area contributed by atoms with Crippen LogP contribution in [0.2, 0.25) is 0 Å². The predicted molar refractivity (Wildman–Crippen MR) is 261 cm³/mol. The molecular weight excluding hydrogens is 697 g/mol. The Balaban J connectivity index is 0.000000199. The molecular formula is C58H72. The van der Waals surface area contributed by atoms with Crippen molar-refractivity contribution in [2.45, 2.75) is 166 Å². The van der Waals surface area contributed by atoms with E-state index in [2.05, 4.69) is 166 Å². The van der Waals surface area contributed by atoms with E-state index in [-0.39, 0.29) is 0 Å². The van der Waals surface area contributed by atoms with E-state index in [1.54, 1.807) is 0 Å². The lowest BCUT2D eigenvalue weighted by Crippen LogP contribution is -2.07. The Kier molecular flexibility index (Phi) is 10.9. The van der Waals surface area contributed by atoms with Crippen LogP contribution in [0.3, 0.4) is 0 Å². The molecule has 304 valence electrons. The lowest BCUT2D eigenvalue weighted by molar-refractivity contribution is 1.15. The molecule has 0 heteroatoms. The monoisotopic (exact) mass is 769 g/mol. The average Bonchev–Trinajstić information content (AvgIpc) is 3.19. The molecule has 0 bridgehead atoms. The van der Waals surface area contributed by atoms with Gasteiger partial charge in [-0.2, -0.15) is 0 Å². The summed E-state index contributed by atoms with van der Waals surface area (Å²) in [5.41, 5.74) is 40.3. The third kappa shape index (κ3) is 5.74. The van der Waals surface area contributed by atoms with Gasteiger partial charge in [0.1, 0.15) is 0 Å². The van der Waals surface area contributed by atoms with Gasteiger partial charge in [0, 0.05) is 0 Å². The molecule has 0 aliphatic rings. The minimum Gasteiger partial charge on any atom is -0.0447 e. The molecule has 0 aromatic heterocycles. The summed E-state index contributed by atoms with van der Waals surface area (Å²) in [6.07, 6.45) is 0. The van der Waals surface area contributed by atoms with Crippen LogP contribution >= 0.6 is 0 Å². The highest BCUT2D eigenvalue weighted by Gasteiger charge is 2.26. The van der Waals surface area contributed by atoms with E-state index in [9.17, 15) is 0 Å². The second-order valence-corrected chi connectivity index (χ2v) is 18.8. The number of hydrogen-bond donors (Lipinski definition) is 0. The zero-order valence-corrected chi connectivity index (χ0v) is 41.0. The highest BCUT2D eigenvalue weighted by atomic mass is 14.3. The van der Waals surface area contributed by atoms with Gasteiger partial charge < -0.3 is 0 Å². The molecule has 0 amide bonds. The molecule has 0 N–H and O–H groups in total. The molecule has 0 fully saturated rings. The van der Waals surface area contributed by atoms with Crippen LogP contribution < -0.4 is 0 Å². The highest BCUT2D eigenvalue weighted by Crippen LogP contribution is 2.49. The zero-order chi connectivity index (χ0) is 43.6. The van der Waals surface area contributed by atoms with Gasteiger partial charge in [-0.15, -0.1) is 0 Å². The number of hydrogen-bond acceptors (Lipinski definition) is 0. The Morgan fingerprint density at radius 2 is 0.207 bits per heavy atom. The smallest absolute Gasteiger partial charge is 0.00153 e. The van der Waals surface area contributed by atoms with Gasteiger partial charge >= 0.3 is 0 Å². The lowest BCUT2D eigenvalue weighted by Gasteiger charge is -2.28. The Labute approximate surface area is 352 Å². The van der Waals surface area contributed by atoms with Crippen molar-refractivity contribution in [2.24, 2.45) is 0 Å². The van der Waals surface area contributed by atoms with Gasteiger partial charge in [-0.25, -0.2) is 0 Å². The fraction of sp³-hybridized carbons (Fsp3) is 0.414. The standard InChI is InChI=1S/C32H42.C26H30/c1-15-17(3)21(7)29(22(8)18(15)4)31-25(11)27(13)32(28(14)26(31)12)30-23(9)19(5)16(2)20(6)24(30)10;1-11-13(3)21-17(7)19(9)23-15(5)12(2)16(6)24-20(10)18(8)22(14(11)4)25(21)26(23)24/h1-14H3;1-10H3. The van der Waals surface area contributed by atoms with Gasteiger partial charge in [0.25, 0.3) is 0 Å². The number of aryl methyl sites for hydroxylation is 8. The molecule has 0 heterocycles. The zero-order valence-electron chi connectivity index (χ0n) is 41.0. The summed E-state index contributed by atoms with van der Waals surface area (Å²) < 4.78 is 0. The molecule has 0 unspecified atom stereocenters. The highest BCUT2D eigenvalue weighted by molar-refractivity contribution is 6.29. The molecule has 58 heavy (non-hydrogen) atoms. The summed E-state index contributed by atoms with van der Waals surface area (Å²) in [7, 11) is 0. The summed E-state index contributed by atoms with van der Waals surface area (Å²) in [6, 6.07) is 0. The van der Waals surface area contributed by atoms with Crippen LogP contribution in [0, 0.1) is 166 Å². The molecule has 0 saturated heterocycles. The topological polar surface area (TPSA) is 0 Å². The van der Waals surface area contributed by atoms with E-state index < -0.39 is 0 Å². The van der Waals surface area contributed by atoms with Crippen molar-refractivity contribution in [1.82, 2.24) is 0 Å². The Bertz CT molecular complexity index is 2550. The van der Waals surface area contributed by atoms with E-state index in [0.717, 1.165) is 0 Å². The first-order valence-electron chi connectivity index (χ1n) is 21.8. The van der Waals surface area contributed by atoms with Gasteiger partial charge in [-0.05, 0) is 354 Å². The van der Waals surface area contributed by atoms with Crippen LogP contribution in [0.15, 0.2) is 0 Å². The van der Waals surface area contributed by atoms with Crippen molar-refractivity contribution >= 4 is 32.3 Å². The predicted octanol–water partition coefficient (Wildman–Crippen LogP) is 17.0. The number of benzene rings is 7. The minimum atomic E-state index is 1.42. The maximum atomic E-state index is 2.34. The van der Waals surface area contributed by atoms with E-state index in [0.29, 0.717) is 0 Å². The second-order valence-electron chi connectivity index (χ2n) is 18.8. The summed E-state index contributed by atoms with van der Waals surface area (Å²) in [6.45, 7) is 55.4. The van der Waals surface area contributed by atoms with E-state index in [1.807, 2.05) is 0 Å². The maximum absolute atomic E-state index is 2.34. The minimum absolute atomic E-state index is 1.42. The molecule has 0 atom stereocenters. The van der Waals surface area contributed by atoms with Crippen LogP contribution in [0.1, 0.15) is 134 Å². The fourth-order valence-corrected chi connectivity index (χ4v) is 11.2. The third-order valence-corrected chi connectivity index (χ3v) is 16.8. The van der Waals surface area contributed by atoms with Crippen LogP contribution in [0.5, 0.6) is 0 Å². The molecule has 0 nitrogen and oxygen atoms in total. The molecule has 0 radical (unpaired) electrons. The average molecular weight is 769 g/mol. The molecule has 7 rings (SSSR count). The van der Waals surface area contributed by atoms with Gasteiger partial charge in [0.2, 0.25) is 0 Å². The summed E-state index contributed by atoms with van der Waals surface area (Å²) in [4.78, 5) is 0. The van der Waals surface area contributed by atoms with E-state index in [4.69, 9.17) is 0 Å².